The molecule has 9 nitrogen and oxygen atoms in total. The van der Waals surface area contributed by atoms with E-state index >= 15 is 0 Å². The number of rotatable bonds is 0. The molecule has 0 saturated carbocycles. The molecule has 0 aromatic heterocycles. The summed E-state index contributed by atoms with van der Waals surface area (Å²) in [6.45, 7) is 0. The van der Waals surface area contributed by atoms with Crippen LogP contribution in [0.4, 0.5) is 0 Å². The fourth-order valence-corrected chi connectivity index (χ4v) is 0. The van der Waals surface area contributed by atoms with Crippen LogP contribution in [0.5, 0.6) is 0 Å². The molecule has 0 spiro atoms. The van der Waals surface area contributed by atoms with Gasteiger partial charge in [0.05, 0.1) is 0 Å². The van der Waals surface area contributed by atoms with Crippen molar-refractivity contribution in [2.75, 3.05) is 14.1 Å². The Morgan fingerprint density at radius 1 is 1.00 bits per heavy atom. The van der Waals surface area contributed by atoms with Gasteiger partial charge in [-0.25, -0.2) is 0 Å². The van der Waals surface area contributed by atoms with Crippen molar-refractivity contribution in [3.8, 4) is 0 Å². The third kappa shape index (κ3) is 28600. The van der Waals surface area contributed by atoms with Crippen LogP contribution in [0.1, 0.15) is 0 Å². The first-order chi connectivity index (χ1) is 5.41. The van der Waals surface area contributed by atoms with Crippen LogP contribution in [0.3, 0.4) is 0 Å². The number of hydrogen-bond donors (Lipinski definition) is 2. The van der Waals surface area contributed by atoms with Crippen LogP contribution < -0.4 is 0 Å². The van der Waals surface area contributed by atoms with Crippen molar-refractivity contribution in [3.05, 3.63) is 5.32 Å². The third-order valence-corrected chi connectivity index (χ3v) is 0. The van der Waals surface area contributed by atoms with E-state index in [-0.39, 0.29) is 17.4 Å². The van der Waals surface area contributed by atoms with Crippen LogP contribution in [0, 0.1) is 0 Å². The van der Waals surface area contributed by atoms with Gasteiger partial charge in [0.25, 0.3) is 0 Å². The molecule has 14 heavy (non-hydrogen) atoms. The van der Waals surface area contributed by atoms with E-state index < -0.39 is 20.8 Å². The average molecular weight is 265 g/mol. The van der Waals surface area contributed by atoms with Crippen molar-refractivity contribution in [2.24, 2.45) is 0 Å². The van der Waals surface area contributed by atoms with Gasteiger partial charge < -0.3 is 14.4 Å². The fraction of sp³-hybridized carbons (Fsp3) is 1.00. The van der Waals surface area contributed by atoms with Gasteiger partial charge in [0.15, 0.2) is 0 Å². The van der Waals surface area contributed by atoms with Gasteiger partial charge in [0.2, 0.25) is 0 Å². The second kappa shape index (κ2) is 11.3. The monoisotopic (exact) mass is 265 g/mol. The van der Waals surface area contributed by atoms with Gasteiger partial charge >= 0.3 is 27.8 Å². The van der Waals surface area contributed by atoms with Gasteiger partial charge in [0.1, 0.15) is 0 Å². The summed E-state index contributed by atoms with van der Waals surface area (Å²) in [7, 11) is -6.33. The van der Waals surface area contributed by atoms with Crippen LogP contribution >= 0.6 is 0 Å². The van der Waals surface area contributed by atoms with Gasteiger partial charge in [-0.15, -0.1) is 0 Å². The normalized spacial score (nSPS) is 9.57. The summed E-state index contributed by atoms with van der Waals surface area (Å²) in [6, 6.07) is 0. The van der Waals surface area contributed by atoms with Crippen LogP contribution in [-0.2, 0) is 20.8 Å². The smallest absolute Gasteiger partial charge is 0.759 e. The minimum absolute atomic E-state index is 0. The molecule has 0 aromatic rings. The van der Waals surface area contributed by atoms with Crippen LogP contribution in [0.25, 0.3) is 5.32 Å². The Morgan fingerprint density at radius 3 is 1.00 bits per heavy atom. The Hall–Kier alpha value is 0.232. The Labute approximate surface area is 92.8 Å². The van der Waals surface area contributed by atoms with E-state index in [0.29, 0.717) is 0 Å². The Balaban J connectivity index is -0.0000000535. The average Bonchev–Trinajstić information content (AvgIpc) is 1.52. The first-order valence-electron chi connectivity index (χ1n) is 2.26. The zero-order valence-electron chi connectivity index (χ0n) is 7.18. The molecule has 0 aliphatic rings. The summed E-state index contributed by atoms with van der Waals surface area (Å²) in [5.74, 6) is 0. The number of hydrogen-bond acceptors (Lipinski definition) is 6. The minimum atomic E-state index is -5.17. The molecule has 84 valence electrons. The molecule has 0 aliphatic carbocycles. The molecule has 2 N–H and O–H groups in total. The number of nitrogens with zero attached hydrogens (tertiary/aromatic N) is 1. The Morgan fingerprint density at radius 2 is 1.00 bits per heavy atom. The molecule has 0 rings (SSSR count). The van der Waals surface area contributed by atoms with E-state index in [1.165, 1.54) is 0 Å². The molecule has 0 heterocycles. The van der Waals surface area contributed by atoms with Crippen molar-refractivity contribution in [1.82, 2.24) is 0 Å². The van der Waals surface area contributed by atoms with Gasteiger partial charge in [0, 0.05) is 10.4 Å². The van der Waals surface area contributed by atoms with Crippen LogP contribution in [0.15, 0.2) is 0 Å². The van der Waals surface area contributed by atoms with Crippen molar-refractivity contribution in [2.45, 2.75) is 0 Å². The topological polar surface area (TPSA) is 169 Å². The first-order valence-corrected chi connectivity index (χ1v) is 4.99. The summed E-state index contributed by atoms with van der Waals surface area (Å²) in [4.78, 5) is 0. The van der Waals surface area contributed by atoms with Crippen LogP contribution in [-0.4, -0.2) is 66.5 Å². The molecule has 0 atom stereocenters. The summed E-state index contributed by atoms with van der Waals surface area (Å²) in [5, 5.41) is 3.50. The van der Waals surface area contributed by atoms with Crippen molar-refractivity contribution in [3.63, 3.8) is 0 Å². The second-order valence-corrected chi connectivity index (χ2v) is 3.02. The van der Waals surface area contributed by atoms with Gasteiger partial charge in [-0.2, -0.15) is 22.5 Å². The largest absolute Gasteiger partial charge is 3.00 e. The minimum Gasteiger partial charge on any atom is -0.759 e. The summed E-state index contributed by atoms with van der Waals surface area (Å²) < 4.78 is 65.7. The maximum atomic E-state index is 8.74. The summed E-state index contributed by atoms with van der Waals surface area (Å²) in [6.07, 6.45) is 0. The van der Waals surface area contributed by atoms with E-state index in [0.717, 1.165) is 0 Å². The molecular formula is C2H8AlNO8S2. The maximum absolute atomic E-state index is 8.74. The second-order valence-electron chi connectivity index (χ2n) is 1.30. The van der Waals surface area contributed by atoms with E-state index in [9.17, 15) is 0 Å². The van der Waals surface area contributed by atoms with E-state index in [1.54, 1.807) is 14.1 Å². The molecule has 12 heteroatoms. The van der Waals surface area contributed by atoms with Gasteiger partial charge in [-0.05, 0) is 0 Å². The molecular weight excluding hydrogens is 257 g/mol. The molecule has 0 amide bonds. The summed E-state index contributed by atoms with van der Waals surface area (Å²) in [5.41, 5.74) is 0. The van der Waals surface area contributed by atoms with Crippen molar-refractivity contribution in [1.29, 1.82) is 0 Å². The third-order valence-electron chi connectivity index (χ3n) is 0. The zero-order chi connectivity index (χ0) is 11.7. The SMILES string of the molecule is C[N-]C.O=S(=O)(O)O.O=S(=O)([O-])[O-].[Al+3]. The molecule has 0 aromatic carbocycles. The van der Waals surface area contributed by atoms with Crippen molar-refractivity contribution >= 4 is 38.2 Å². The fourth-order valence-electron chi connectivity index (χ4n) is 0. The Kier molecular flexibility index (Phi) is 19.2. The Bertz CT molecular complexity index is 234. The van der Waals surface area contributed by atoms with Gasteiger partial charge in [-0.1, -0.05) is 0 Å². The predicted octanol–water partition coefficient (Wildman–Crippen LogP) is -1.75. The van der Waals surface area contributed by atoms with Gasteiger partial charge in [-0.3, -0.25) is 17.5 Å². The predicted molar refractivity (Wildman–Crippen MR) is 45.6 cm³/mol. The summed E-state index contributed by atoms with van der Waals surface area (Å²) >= 11 is 0. The molecule has 0 unspecified atom stereocenters. The molecule has 0 fully saturated rings. The first kappa shape index (κ1) is 23.8. The molecule has 0 bridgehead atoms. The quantitative estimate of drug-likeness (QED) is 0.295. The molecule has 0 aliphatic heterocycles. The molecule has 0 radical (unpaired) electrons. The van der Waals surface area contributed by atoms with E-state index in [2.05, 4.69) is 5.32 Å². The zero-order valence-corrected chi connectivity index (χ0v) is 9.97. The van der Waals surface area contributed by atoms with Crippen molar-refractivity contribution < 1.29 is 35.0 Å². The standard InChI is InChI=1S/C2H6N.Al.2H2O4S/c1-3-2;;2*1-5(2,3)4/h1-2H3;;2*(H2,1,2,3,4)/q-1;+3;;/p-2. The maximum Gasteiger partial charge on any atom is 3.00 e. The van der Waals surface area contributed by atoms with E-state index in [4.69, 9.17) is 35.0 Å². The molecule has 0 saturated heterocycles. The van der Waals surface area contributed by atoms with E-state index in [1.807, 2.05) is 0 Å². The van der Waals surface area contributed by atoms with Crippen LogP contribution in [0.2, 0.25) is 0 Å².